The molecule has 29 heavy (non-hydrogen) atoms. The zero-order chi connectivity index (χ0) is 19.5. The summed E-state index contributed by atoms with van der Waals surface area (Å²) >= 11 is 0. The number of likely N-dealkylation sites (tertiary alicyclic amines) is 1. The molecule has 148 valence electrons. The molecular weight excluding hydrogens is 352 g/mol. The molecule has 0 radical (unpaired) electrons. The van der Waals surface area contributed by atoms with Crippen LogP contribution < -0.4 is 5.32 Å². The van der Waals surface area contributed by atoms with Gasteiger partial charge in [-0.2, -0.15) is 0 Å². The molecule has 2 aliphatic rings. The number of nitrogens with zero attached hydrogens (tertiary/aromatic N) is 1. The van der Waals surface area contributed by atoms with Gasteiger partial charge in [0.1, 0.15) is 0 Å². The molecular formula is C27H30N2. The van der Waals surface area contributed by atoms with Crippen LogP contribution in [0.4, 0.5) is 5.69 Å². The van der Waals surface area contributed by atoms with E-state index in [1.54, 1.807) is 5.56 Å². The fourth-order valence-corrected chi connectivity index (χ4v) is 5.35. The summed E-state index contributed by atoms with van der Waals surface area (Å²) in [5.41, 5.74) is 5.76. The standard InChI is InChI=1S/C27H30N2/c1-3-10-21(11-4-1)20-29-17-9-15-24(29)19-26-25-16-8-7-12-22(25)18-27(26)28-23-13-5-2-6-14-23/h1-8,10-14,16,24,26-28H,9,15,17-20H2. The van der Waals surface area contributed by atoms with E-state index < -0.39 is 0 Å². The molecule has 1 aliphatic heterocycles. The summed E-state index contributed by atoms with van der Waals surface area (Å²) in [6, 6.07) is 31.9. The van der Waals surface area contributed by atoms with Gasteiger partial charge in [0.05, 0.1) is 0 Å². The summed E-state index contributed by atoms with van der Waals surface area (Å²) in [4.78, 5) is 2.72. The molecule has 1 N–H and O–H groups in total. The maximum Gasteiger partial charge on any atom is 0.0370 e. The van der Waals surface area contributed by atoms with Gasteiger partial charge in [-0.15, -0.1) is 0 Å². The van der Waals surface area contributed by atoms with Crippen molar-refractivity contribution in [1.82, 2.24) is 4.90 Å². The van der Waals surface area contributed by atoms with Crippen LogP contribution in [0.15, 0.2) is 84.9 Å². The Morgan fingerprint density at radius 1 is 0.828 bits per heavy atom. The monoisotopic (exact) mass is 382 g/mol. The predicted octanol–water partition coefficient (Wildman–Crippen LogP) is 5.86. The lowest BCUT2D eigenvalue weighted by molar-refractivity contribution is 0.222. The molecule has 3 unspecified atom stereocenters. The van der Waals surface area contributed by atoms with Gasteiger partial charge in [-0.3, -0.25) is 4.90 Å². The Balaban J connectivity index is 1.35. The van der Waals surface area contributed by atoms with E-state index in [1.165, 1.54) is 42.6 Å². The number of fused-ring (bicyclic) bond motifs is 1. The lowest BCUT2D eigenvalue weighted by atomic mass is 9.89. The van der Waals surface area contributed by atoms with Gasteiger partial charge in [0, 0.05) is 30.2 Å². The zero-order valence-corrected chi connectivity index (χ0v) is 17.0. The van der Waals surface area contributed by atoms with Crippen molar-refractivity contribution in [3.05, 3.63) is 102 Å². The van der Waals surface area contributed by atoms with Crippen LogP contribution in [-0.4, -0.2) is 23.5 Å². The van der Waals surface area contributed by atoms with Crippen LogP contribution in [0, 0.1) is 0 Å². The highest BCUT2D eigenvalue weighted by molar-refractivity contribution is 5.48. The second-order valence-electron chi connectivity index (χ2n) is 8.61. The number of hydrogen-bond donors (Lipinski definition) is 1. The fraction of sp³-hybridized carbons (Fsp3) is 0.333. The first-order valence-corrected chi connectivity index (χ1v) is 11.0. The topological polar surface area (TPSA) is 15.3 Å². The highest BCUT2D eigenvalue weighted by atomic mass is 15.2. The zero-order valence-electron chi connectivity index (χ0n) is 17.0. The Bertz CT molecular complexity index is 922. The molecule has 1 heterocycles. The van der Waals surface area contributed by atoms with Crippen LogP contribution in [0.1, 0.15) is 41.9 Å². The van der Waals surface area contributed by atoms with Crippen molar-refractivity contribution < 1.29 is 0 Å². The summed E-state index contributed by atoms with van der Waals surface area (Å²) in [6.07, 6.45) is 5.02. The van der Waals surface area contributed by atoms with E-state index in [4.69, 9.17) is 0 Å². The molecule has 3 aromatic rings. The number of rotatable bonds is 6. The molecule has 1 fully saturated rings. The molecule has 5 rings (SSSR count). The summed E-state index contributed by atoms with van der Waals surface area (Å²) in [7, 11) is 0. The van der Waals surface area contributed by atoms with E-state index >= 15 is 0 Å². The highest BCUT2D eigenvalue weighted by Crippen LogP contribution is 2.40. The second-order valence-corrected chi connectivity index (χ2v) is 8.61. The van der Waals surface area contributed by atoms with Crippen molar-refractivity contribution in [1.29, 1.82) is 0 Å². The van der Waals surface area contributed by atoms with Crippen LogP contribution in [0.5, 0.6) is 0 Å². The summed E-state index contributed by atoms with van der Waals surface area (Å²) in [5.74, 6) is 0.577. The molecule has 0 aromatic heterocycles. The highest BCUT2D eigenvalue weighted by Gasteiger charge is 2.36. The minimum absolute atomic E-state index is 0.481. The molecule has 0 amide bonds. The van der Waals surface area contributed by atoms with Crippen molar-refractivity contribution >= 4 is 5.69 Å². The van der Waals surface area contributed by atoms with Crippen LogP contribution >= 0.6 is 0 Å². The maximum absolute atomic E-state index is 3.86. The lowest BCUT2D eigenvalue weighted by Crippen LogP contribution is -2.34. The summed E-state index contributed by atoms with van der Waals surface area (Å²) < 4.78 is 0. The lowest BCUT2D eigenvalue weighted by Gasteiger charge is -2.30. The maximum atomic E-state index is 3.86. The second kappa shape index (κ2) is 8.42. The Kier molecular flexibility index (Phi) is 5.36. The van der Waals surface area contributed by atoms with Crippen molar-refractivity contribution in [3.8, 4) is 0 Å². The minimum Gasteiger partial charge on any atom is -0.381 e. The minimum atomic E-state index is 0.481. The van der Waals surface area contributed by atoms with E-state index in [9.17, 15) is 0 Å². The normalized spacial score (nSPS) is 23.8. The van der Waals surface area contributed by atoms with Crippen LogP contribution in [0.25, 0.3) is 0 Å². The number of nitrogens with one attached hydrogen (secondary N) is 1. The molecule has 2 nitrogen and oxygen atoms in total. The third kappa shape index (κ3) is 4.09. The van der Waals surface area contributed by atoms with E-state index in [-0.39, 0.29) is 0 Å². The molecule has 0 spiro atoms. The Morgan fingerprint density at radius 3 is 2.38 bits per heavy atom. The predicted molar refractivity (Wildman–Crippen MR) is 121 cm³/mol. The molecule has 0 saturated carbocycles. The van der Waals surface area contributed by atoms with Gasteiger partial charge in [0.25, 0.3) is 0 Å². The van der Waals surface area contributed by atoms with Crippen LogP contribution in [0.2, 0.25) is 0 Å². The molecule has 2 heteroatoms. The van der Waals surface area contributed by atoms with E-state index in [1.807, 2.05) is 0 Å². The van der Waals surface area contributed by atoms with Crippen molar-refractivity contribution in [2.75, 3.05) is 11.9 Å². The first-order chi connectivity index (χ1) is 14.4. The Hall–Kier alpha value is -2.58. The van der Waals surface area contributed by atoms with Crippen LogP contribution in [0.3, 0.4) is 0 Å². The van der Waals surface area contributed by atoms with Crippen molar-refractivity contribution in [2.45, 2.75) is 50.2 Å². The van der Waals surface area contributed by atoms with E-state index in [2.05, 4.69) is 95.1 Å². The SMILES string of the molecule is c1ccc(CN2CCCC2CC2c3ccccc3CC2Nc2ccccc2)cc1. The van der Waals surface area contributed by atoms with Crippen LogP contribution in [-0.2, 0) is 13.0 Å². The van der Waals surface area contributed by atoms with Crippen molar-refractivity contribution in [3.63, 3.8) is 0 Å². The first-order valence-electron chi connectivity index (χ1n) is 11.0. The third-order valence-corrected chi connectivity index (χ3v) is 6.76. The van der Waals surface area contributed by atoms with Gasteiger partial charge in [0.2, 0.25) is 0 Å². The Labute approximate surface area is 174 Å². The van der Waals surface area contributed by atoms with Gasteiger partial charge in [-0.25, -0.2) is 0 Å². The molecule has 3 atom stereocenters. The average molecular weight is 383 g/mol. The number of anilines is 1. The number of hydrogen-bond acceptors (Lipinski definition) is 2. The quantitative estimate of drug-likeness (QED) is 0.574. The first kappa shape index (κ1) is 18.4. The molecule has 1 saturated heterocycles. The van der Waals surface area contributed by atoms with Gasteiger partial charge in [-0.05, 0) is 61.1 Å². The number of benzene rings is 3. The van der Waals surface area contributed by atoms with Gasteiger partial charge < -0.3 is 5.32 Å². The average Bonchev–Trinajstić information content (AvgIpc) is 3.34. The van der Waals surface area contributed by atoms with Gasteiger partial charge >= 0.3 is 0 Å². The van der Waals surface area contributed by atoms with Gasteiger partial charge in [0.15, 0.2) is 0 Å². The smallest absolute Gasteiger partial charge is 0.0370 e. The molecule has 3 aromatic carbocycles. The summed E-state index contributed by atoms with van der Waals surface area (Å²) in [6.45, 7) is 2.31. The van der Waals surface area contributed by atoms with E-state index in [0.717, 1.165) is 13.0 Å². The van der Waals surface area contributed by atoms with Crippen molar-refractivity contribution in [2.24, 2.45) is 0 Å². The summed E-state index contributed by atoms with van der Waals surface area (Å²) in [5, 5.41) is 3.86. The molecule has 0 bridgehead atoms. The Morgan fingerprint density at radius 2 is 1.55 bits per heavy atom. The molecule has 1 aliphatic carbocycles. The van der Waals surface area contributed by atoms with Gasteiger partial charge in [-0.1, -0.05) is 72.8 Å². The number of para-hydroxylation sites is 1. The largest absolute Gasteiger partial charge is 0.381 e. The van der Waals surface area contributed by atoms with E-state index in [0.29, 0.717) is 18.0 Å². The third-order valence-electron chi connectivity index (χ3n) is 6.76. The fourth-order valence-electron chi connectivity index (χ4n) is 5.35.